The van der Waals surface area contributed by atoms with Crippen molar-refractivity contribution in [2.24, 2.45) is 5.73 Å². The van der Waals surface area contributed by atoms with E-state index >= 15 is 0 Å². The van der Waals surface area contributed by atoms with Gasteiger partial charge in [-0.15, -0.1) is 0 Å². The van der Waals surface area contributed by atoms with Crippen LogP contribution in [0.1, 0.15) is 39.7 Å². The Hall–Kier alpha value is -3.03. The lowest BCUT2D eigenvalue weighted by molar-refractivity contribution is -0.384. The number of benzene rings is 1. The molecule has 37 heavy (non-hydrogen) atoms. The molecule has 0 aliphatic carbocycles. The van der Waals surface area contributed by atoms with Gasteiger partial charge < -0.3 is 29.9 Å². The van der Waals surface area contributed by atoms with Gasteiger partial charge in [0.15, 0.2) is 8.32 Å². The zero-order valence-corrected chi connectivity index (χ0v) is 23.5. The number of likely N-dealkylation sites (tertiary alicyclic amines) is 1. The van der Waals surface area contributed by atoms with E-state index in [1.807, 2.05) is 0 Å². The van der Waals surface area contributed by atoms with Gasteiger partial charge in [-0.25, -0.2) is 4.79 Å². The number of ether oxygens (including phenoxy) is 2. The Morgan fingerprint density at radius 3 is 2.35 bits per heavy atom. The van der Waals surface area contributed by atoms with Crippen LogP contribution in [-0.4, -0.2) is 75.0 Å². The minimum atomic E-state index is -2.04. The van der Waals surface area contributed by atoms with E-state index in [1.54, 1.807) is 24.0 Å². The van der Waals surface area contributed by atoms with Gasteiger partial charge in [0.1, 0.15) is 6.61 Å². The van der Waals surface area contributed by atoms with Crippen LogP contribution in [0.3, 0.4) is 0 Å². The van der Waals surface area contributed by atoms with Gasteiger partial charge in [-0.2, -0.15) is 0 Å². The number of hydrogen-bond acceptors (Lipinski definition) is 9. The molecule has 2 atom stereocenters. The smallest absolute Gasteiger partial charge is 0.410 e. The van der Waals surface area contributed by atoms with Gasteiger partial charge in [0.25, 0.3) is 5.69 Å². The van der Waals surface area contributed by atoms with E-state index in [0.717, 1.165) is 0 Å². The average Bonchev–Trinajstić information content (AvgIpc) is 3.19. The van der Waals surface area contributed by atoms with E-state index in [1.165, 1.54) is 12.1 Å². The summed E-state index contributed by atoms with van der Waals surface area (Å²) < 4.78 is 17.0. The molecule has 1 aliphatic rings. The minimum Gasteiger partial charge on any atom is -0.465 e. The molecular formula is C24H40N4O8Si. The minimum absolute atomic E-state index is 0.00403. The first-order chi connectivity index (χ1) is 17.2. The number of rotatable bonds is 10. The second-order valence-electron chi connectivity index (χ2n) is 10.1. The number of esters is 1. The van der Waals surface area contributed by atoms with Crippen molar-refractivity contribution in [2.45, 2.75) is 71.0 Å². The first kappa shape index (κ1) is 32.0. The second-order valence-corrected chi connectivity index (χ2v) is 14.8. The van der Waals surface area contributed by atoms with Crippen LogP contribution < -0.4 is 11.1 Å². The van der Waals surface area contributed by atoms with E-state index in [0.29, 0.717) is 31.7 Å². The summed E-state index contributed by atoms with van der Waals surface area (Å²) in [4.78, 5) is 45.2. The standard InChI is InChI=1S/C23H37N3O7Si.CH3NO/c1-7-31-21(27)14-24-13-19-12-20(33-34(5,6)23(2,3)4)15-25(19)22(28)32-16-17-8-10-18(11-9-17)26(29)30;2-1-3/h8-11,19-20,24H,7,12-16H2,1-6H3;1H,(H2,2,3)/t19-,20+;/m0./s1. The summed E-state index contributed by atoms with van der Waals surface area (Å²) >= 11 is 0. The molecule has 0 bridgehead atoms. The number of hydrogen-bond donors (Lipinski definition) is 2. The molecule has 2 amide bonds. The highest BCUT2D eigenvalue weighted by Crippen LogP contribution is 2.39. The molecule has 0 unspecified atom stereocenters. The van der Waals surface area contributed by atoms with Gasteiger partial charge in [-0.05, 0) is 49.2 Å². The molecule has 2 rings (SSSR count). The van der Waals surface area contributed by atoms with Crippen molar-refractivity contribution in [3.05, 3.63) is 39.9 Å². The van der Waals surface area contributed by atoms with E-state index in [-0.39, 0.29) is 48.4 Å². The molecule has 3 N–H and O–H groups in total. The maximum absolute atomic E-state index is 12.9. The van der Waals surface area contributed by atoms with Crippen molar-refractivity contribution in [1.82, 2.24) is 10.2 Å². The number of nitro benzene ring substituents is 1. The number of nitrogens with zero attached hydrogens (tertiary/aromatic N) is 2. The lowest BCUT2D eigenvalue weighted by atomic mass is 10.2. The zero-order chi connectivity index (χ0) is 28.2. The summed E-state index contributed by atoms with van der Waals surface area (Å²) in [6.45, 7) is 13.8. The molecule has 0 aromatic heterocycles. The second kappa shape index (κ2) is 14.6. The number of nitrogens with two attached hydrogens (primary N) is 1. The summed E-state index contributed by atoms with van der Waals surface area (Å²) in [6, 6.07) is 5.69. The normalized spacial score (nSPS) is 17.4. The third-order valence-electron chi connectivity index (χ3n) is 6.34. The number of primary amides is 1. The molecule has 13 heteroatoms. The van der Waals surface area contributed by atoms with E-state index in [9.17, 15) is 19.7 Å². The highest BCUT2D eigenvalue weighted by molar-refractivity contribution is 6.74. The molecular weight excluding hydrogens is 500 g/mol. The predicted molar refractivity (Wildman–Crippen MR) is 140 cm³/mol. The van der Waals surface area contributed by atoms with Gasteiger partial charge in [0, 0.05) is 25.2 Å². The largest absolute Gasteiger partial charge is 0.465 e. The van der Waals surface area contributed by atoms with Crippen molar-refractivity contribution >= 4 is 32.5 Å². The Labute approximate surface area is 219 Å². The summed E-state index contributed by atoms with van der Waals surface area (Å²) in [5.41, 5.74) is 4.80. The van der Waals surface area contributed by atoms with Crippen molar-refractivity contribution in [3.63, 3.8) is 0 Å². The Bertz CT molecular complexity index is 905. The Balaban J connectivity index is 0.00000217. The monoisotopic (exact) mass is 540 g/mol. The number of carbonyl (C=O) groups is 3. The van der Waals surface area contributed by atoms with Gasteiger partial charge >= 0.3 is 12.1 Å². The topological polar surface area (TPSA) is 163 Å². The van der Waals surface area contributed by atoms with Crippen LogP contribution in [0.5, 0.6) is 0 Å². The van der Waals surface area contributed by atoms with Crippen LogP contribution in [0, 0.1) is 10.1 Å². The van der Waals surface area contributed by atoms with Gasteiger partial charge in [0.2, 0.25) is 6.41 Å². The Morgan fingerprint density at radius 2 is 1.84 bits per heavy atom. The van der Waals surface area contributed by atoms with E-state index in [2.05, 4.69) is 44.9 Å². The van der Waals surface area contributed by atoms with Crippen molar-refractivity contribution in [1.29, 1.82) is 0 Å². The molecule has 1 aliphatic heterocycles. The molecule has 12 nitrogen and oxygen atoms in total. The summed E-state index contributed by atoms with van der Waals surface area (Å²) in [5.74, 6) is -0.345. The molecule has 1 fully saturated rings. The van der Waals surface area contributed by atoms with Crippen LogP contribution in [0.15, 0.2) is 24.3 Å². The fourth-order valence-corrected chi connectivity index (χ4v) is 4.82. The average molecular weight is 541 g/mol. The first-order valence-corrected chi connectivity index (χ1v) is 15.0. The van der Waals surface area contributed by atoms with Crippen LogP contribution in [0.4, 0.5) is 10.5 Å². The number of nitrogens with one attached hydrogen (secondary N) is 1. The number of carbonyl (C=O) groups excluding carboxylic acids is 3. The molecule has 1 aromatic rings. The Morgan fingerprint density at radius 1 is 1.24 bits per heavy atom. The van der Waals surface area contributed by atoms with Crippen LogP contribution in [0.25, 0.3) is 0 Å². The maximum Gasteiger partial charge on any atom is 0.410 e. The first-order valence-electron chi connectivity index (χ1n) is 12.1. The molecule has 208 valence electrons. The van der Waals surface area contributed by atoms with Crippen LogP contribution in [0.2, 0.25) is 18.1 Å². The number of amides is 2. The lowest BCUT2D eigenvalue weighted by Crippen LogP contribution is -2.45. The SMILES string of the molecule is CCOC(=O)CNC[C@@H]1C[C@@H](O[Si](C)(C)C(C)(C)C)CN1C(=O)OCc1ccc([N+](=O)[O-])cc1.NC=O. The van der Waals surface area contributed by atoms with E-state index in [4.69, 9.17) is 18.7 Å². The Kier molecular flexibility index (Phi) is 12.7. The fraction of sp³-hybridized carbons (Fsp3) is 0.625. The fourth-order valence-electron chi connectivity index (χ4n) is 3.46. The summed E-state index contributed by atoms with van der Waals surface area (Å²) in [5, 5.41) is 13.9. The predicted octanol–water partition coefficient (Wildman–Crippen LogP) is 2.95. The molecule has 0 saturated carbocycles. The van der Waals surface area contributed by atoms with Crippen molar-refractivity contribution < 1.29 is 33.2 Å². The van der Waals surface area contributed by atoms with Gasteiger partial charge in [-0.3, -0.25) is 19.7 Å². The van der Waals surface area contributed by atoms with E-state index < -0.39 is 19.3 Å². The molecule has 1 saturated heterocycles. The van der Waals surface area contributed by atoms with Gasteiger partial charge in [-0.1, -0.05) is 20.8 Å². The van der Waals surface area contributed by atoms with Crippen LogP contribution >= 0.6 is 0 Å². The van der Waals surface area contributed by atoms with Crippen molar-refractivity contribution in [3.8, 4) is 0 Å². The molecule has 0 radical (unpaired) electrons. The zero-order valence-electron chi connectivity index (χ0n) is 22.5. The molecule has 1 aromatic carbocycles. The molecule has 0 spiro atoms. The summed E-state index contributed by atoms with van der Waals surface area (Å²) in [6.07, 6.45) is 0.277. The lowest BCUT2D eigenvalue weighted by Gasteiger charge is -2.38. The quantitative estimate of drug-likeness (QED) is 0.149. The van der Waals surface area contributed by atoms with Gasteiger partial charge in [0.05, 0.1) is 30.2 Å². The molecule has 1 heterocycles. The number of non-ortho nitro benzene ring substituents is 1. The summed E-state index contributed by atoms with van der Waals surface area (Å²) in [7, 11) is -2.04. The highest BCUT2D eigenvalue weighted by Gasteiger charge is 2.44. The van der Waals surface area contributed by atoms with Crippen LogP contribution in [-0.2, 0) is 30.1 Å². The van der Waals surface area contributed by atoms with Crippen molar-refractivity contribution in [2.75, 3.05) is 26.2 Å². The third kappa shape index (κ3) is 10.5. The number of nitro groups is 1. The third-order valence-corrected chi connectivity index (χ3v) is 10.9. The highest BCUT2D eigenvalue weighted by atomic mass is 28.4. The maximum atomic E-state index is 12.9.